The number of fused-ring (bicyclic) bond motifs is 1. The van der Waals surface area contributed by atoms with E-state index in [2.05, 4.69) is 16.3 Å². The molecule has 0 aromatic carbocycles. The first-order valence-corrected chi connectivity index (χ1v) is 9.25. The first-order valence-electron chi connectivity index (χ1n) is 9.25. The Morgan fingerprint density at radius 2 is 2.07 bits per heavy atom. The van der Waals surface area contributed by atoms with Gasteiger partial charge in [-0.25, -0.2) is 4.52 Å². The molecule has 1 amide bonds. The lowest BCUT2D eigenvalue weighted by Crippen LogP contribution is -2.37. The van der Waals surface area contributed by atoms with E-state index in [1.54, 1.807) is 15.4 Å². The van der Waals surface area contributed by atoms with Crippen molar-refractivity contribution in [3.05, 3.63) is 36.9 Å². The average Bonchev–Trinajstić information content (AvgIpc) is 3.17. The Morgan fingerprint density at radius 3 is 2.74 bits per heavy atom. The van der Waals surface area contributed by atoms with Gasteiger partial charge < -0.3 is 4.90 Å². The predicted molar refractivity (Wildman–Crippen MR) is 99.7 cm³/mol. The van der Waals surface area contributed by atoms with Crippen LogP contribution in [0.3, 0.4) is 0 Å². The number of carbonyl (C=O) groups is 1. The number of nitriles is 1. The summed E-state index contributed by atoms with van der Waals surface area (Å²) in [5.74, 6) is 0.148. The summed E-state index contributed by atoms with van der Waals surface area (Å²) in [6.07, 6.45) is 9.96. The van der Waals surface area contributed by atoms with Crippen LogP contribution in [-0.4, -0.2) is 31.3 Å². The van der Waals surface area contributed by atoms with Crippen molar-refractivity contribution in [2.75, 3.05) is 4.90 Å². The quantitative estimate of drug-likeness (QED) is 0.719. The number of hydrogen-bond donors (Lipinski definition) is 0. The van der Waals surface area contributed by atoms with Crippen LogP contribution < -0.4 is 4.90 Å². The van der Waals surface area contributed by atoms with E-state index in [0.717, 1.165) is 35.2 Å². The maximum absolute atomic E-state index is 13.3. The zero-order valence-corrected chi connectivity index (χ0v) is 15.3. The number of nitrogens with zero attached hydrogens (tertiary/aromatic N) is 6. The van der Waals surface area contributed by atoms with Gasteiger partial charge in [0, 0.05) is 42.8 Å². The van der Waals surface area contributed by atoms with E-state index < -0.39 is 5.41 Å². The molecule has 1 aliphatic carbocycles. The first kappa shape index (κ1) is 16.1. The monoisotopic (exact) mass is 360 g/mol. The van der Waals surface area contributed by atoms with Gasteiger partial charge in [0.15, 0.2) is 0 Å². The van der Waals surface area contributed by atoms with Crippen LogP contribution in [0.4, 0.5) is 5.69 Å². The minimum Gasteiger partial charge on any atom is -0.306 e. The van der Waals surface area contributed by atoms with Gasteiger partial charge in [0.1, 0.15) is 5.41 Å². The minimum absolute atomic E-state index is 0.0132. The average molecular weight is 360 g/mol. The smallest absolute Gasteiger partial charge is 0.248 e. The lowest BCUT2D eigenvalue weighted by atomic mass is 9.81. The van der Waals surface area contributed by atoms with Crippen LogP contribution in [0.1, 0.15) is 26.2 Å². The zero-order valence-electron chi connectivity index (χ0n) is 15.3. The second-order valence-corrected chi connectivity index (χ2v) is 7.76. The third kappa shape index (κ3) is 2.23. The molecule has 2 aliphatic rings. The number of aryl methyl sites for hydroxylation is 1. The summed E-state index contributed by atoms with van der Waals surface area (Å²) in [7, 11) is 1.88. The molecule has 0 bridgehead atoms. The Kier molecular flexibility index (Phi) is 3.23. The number of aromatic nitrogens is 4. The molecular weight excluding hydrogens is 340 g/mol. The lowest BCUT2D eigenvalue weighted by Gasteiger charge is -2.23. The van der Waals surface area contributed by atoms with Gasteiger partial charge >= 0.3 is 0 Å². The van der Waals surface area contributed by atoms with E-state index >= 15 is 0 Å². The number of rotatable bonds is 3. The third-order valence-corrected chi connectivity index (χ3v) is 5.92. The van der Waals surface area contributed by atoms with E-state index in [0.29, 0.717) is 6.42 Å². The number of amides is 1. The maximum Gasteiger partial charge on any atom is 0.248 e. The summed E-state index contributed by atoms with van der Waals surface area (Å²) in [6, 6.07) is 6.27. The summed E-state index contributed by atoms with van der Waals surface area (Å²) < 4.78 is 3.55. The van der Waals surface area contributed by atoms with Gasteiger partial charge in [0.05, 0.1) is 23.5 Å². The molecular formula is C20H20N6O. The SMILES string of the molecule is C[C@@H]1C[C@](C#N)(C2CC2)C(=O)N1c1ccnn2cc(-c3cnn(C)c3)cc12. The van der Waals surface area contributed by atoms with Crippen molar-refractivity contribution in [3.8, 4) is 17.2 Å². The molecule has 1 saturated carbocycles. The van der Waals surface area contributed by atoms with Gasteiger partial charge in [0.25, 0.3) is 0 Å². The van der Waals surface area contributed by atoms with Crippen LogP contribution in [0, 0.1) is 22.7 Å². The van der Waals surface area contributed by atoms with E-state index in [4.69, 9.17) is 0 Å². The molecule has 1 aliphatic heterocycles. The van der Waals surface area contributed by atoms with Crippen LogP contribution in [0.5, 0.6) is 0 Å². The third-order valence-electron chi connectivity index (χ3n) is 5.92. The number of carbonyl (C=O) groups excluding carboxylic acids is 1. The normalized spacial score (nSPS) is 25.3. The molecule has 27 heavy (non-hydrogen) atoms. The molecule has 0 spiro atoms. The fraction of sp³-hybridized carbons (Fsp3) is 0.400. The summed E-state index contributed by atoms with van der Waals surface area (Å²) in [4.78, 5) is 15.1. The van der Waals surface area contributed by atoms with Crippen molar-refractivity contribution in [3.63, 3.8) is 0 Å². The highest BCUT2D eigenvalue weighted by atomic mass is 16.2. The maximum atomic E-state index is 13.3. The largest absolute Gasteiger partial charge is 0.306 e. The van der Waals surface area contributed by atoms with Gasteiger partial charge in [0.2, 0.25) is 5.91 Å². The molecule has 4 heterocycles. The first-order chi connectivity index (χ1) is 13.0. The van der Waals surface area contributed by atoms with Crippen molar-refractivity contribution in [1.82, 2.24) is 19.4 Å². The van der Waals surface area contributed by atoms with Gasteiger partial charge in [-0.05, 0) is 44.2 Å². The standard InChI is InChI=1S/C20H20N6O/c1-13-8-20(12-21,16-3-4-16)19(27)26(13)17-5-6-22-25-11-14(7-18(17)25)15-9-23-24(2)10-15/h5-7,9-11,13,16H,3-4,8H2,1-2H3/t13-,20+/m1/s1. The van der Waals surface area contributed by atoms with Crippen molar-refractivity contribution >= 4 is 17.1 Å². The fourth-order valence-corrected chi connectivity index (χ4v) is 4.44. The van der Waals surface area contributed by atoms with E-state index in [-0.39, 0.29) is 17.9 Å². The number of anilines is 1. The van der Waals surface area contributed by atoms with Crippen LogP contribution >= 0.6 is 0 Å². The van der Waals surface area contributed by atoms with E-state index in [1.165, 1.54) is 0 Å². The molecule has 1 saturated heterocycles. The highest BCUT2D eigenvalue weighted by Gasteiger charge is 2.59. The summed E-state index contributed by atoms with van der Waals surface area (Å²) >= 11 is 0. The van der Waals surface area contributed by atoms with Crippen LogP contribution in [-0.2, 0) is 11.8 Å². The van der Waals surface area contributed by atoms with E-state index in [1.807, 2.05) is 49.6 Å². The molecule has 5 rings (SSSR count). The zero-order chi connectivity index (χ0) is 18.8. The Labute approximate surface area is 156 Å². The van der Waals surface area contributed by atoms with Crippen molar-refractivity contribution in [2.24, 2.45) is 18.4 Å². The Balaban J connectivity index is 1.62. The molecule has 3 aromatic rings. The summed E-state index contributed by atoms with van der Waals surface area (Å²) in [5, 5.41) is 18.5. The van der Waals surface area contributed by atoms with Crippen molar-refractivity contribution in [2.45, 2.75) is 32.2 Å². The lowest BCUT2D eigenvalue weighted by molar-refractivity contribution is -0.123. The molecule has 136 valence electrons. The molecule has 0 N–H and O–H groups in total. The van der Waals surface area contributed by atoms with E-state index in [9.17, 15) is 10.1 Å². The van der Waals surface area contributed by atoms with Crippen LogP contribution in [0.25, 0.3) is 16.6 Å². The van der Waals surface area contributed by atoms with Gasteiger partial charge in [-0.2, -0.15) is 15.5 Å². The van der Waals surface area contributed by atoms with Gasteiger partial charge in [-0.1, -0.05) is 0 Å². The van der Waals surface area contributed by atoms with Crippen molar-refractivity contribution < 1.29 is 4.79 Å². The predicted octanol–water partition coefficient (Wildman–Crippen LogP) is 2.78. The van der Waals surface area contributed by atoms with Gasteiger partial charge in [-0.15, -0.1) is 0 Å². The molecule has 0 unspecified atom stereocenters. The molecule has 2 fully saturated rings. The Hall–Kier alpha value is -3.14. The van der Waals surface area contributed by atoms with Gasteiger partial charge in [-0.3, -0.25) is 9.48 Å². The number of hydrogen-bond acceptors (Lipinski definition) is 4. The summed E-state index contributed by atoms with van der Waals surface area (Å²) in [5.41, 5.74) is 2.81. The van der Waals surface area contributed by atoms with Crippen LogP contribution in [0.2, 0.25) is 0 Å². The topological polar surface area (TPSA) is 79.2 Å². The molecule has 2 atom stereocenters. The molecule has 3 aromatic heterocycles. The van der Waals surface area contributed by atoms with Crippen LogP contribution in [0.15, 0.2) is 36.9 Å². The summed E-state index contributed by atoms with van der Waals surface area (Å²) in [6.45, 7) is 2.03. The fourth-order valence-electron chi connectivity index (χ4n) is 4.44. The molecule has 7 heteroatoms. The van der Waals surface area contributed by atoms with Crippen molar-refractivity contribution in [1.29, 1.82) is 5.26 Å². The second-order valence-electron chi connectivity index (χ2n) is 7.76. The Morgan fingerprint density at radius 1 is 1.26 bits per heavy atom. The minimum atomic E-state index is -0.863. The Bertz CT molecular complexity index is 1100. The highest BCUT2D eigenvalue weighted by molar-refractivity contribution is 6.05. The molecule has 7 nitrogen and oxygen atoms in total. The molecule has 0 radical (unpaired) electrons. The second kappa shape index (κ2) is 5.43. The highest BCUT2D eigenvalue weighted by Crippen LogP contribution is 2.54.